The van der Waals surface area contributed by atoms with E-state index in [9.17, 15) is 4.39 Å². The molecule has 3 rings (SSSR count). The molecule has 0 fully saturated rings. The number of aryl methyl sites for hydroxylation is 1. The Hall–Kier alpha value is -2.99. The number of hydrogen-bond donors (Lipinski definition) is 0. The van der Waals surface area contributed by atoms with Crippen LogP contribution in [0.25, 0.3) is 22.3 Å². The third-order valence-electron chi connectivity index (χ3n) is 3.69. The molecule has 111 valence electrons. The fourth-order valence-corrected chi connectivity index (χ4v) is 2.56. The van der Waals surface area contributed by atoms with Gasteiger partial charge in [-0.05, 0) is 48.4 Å². The Bertz CT molecular complexity index is 923. The van der Waals surface area contributed by atoms with Gasteiger partial charge in [0.1, 0.15) is 11.6 Å². The van der Waals surface area contributed by atoms with Crippen molar-refractivity contribution in [3.8, 4) is 28.3 Å². The van der Waals surface area contributed by atoms with Crippen LogP contribution in [0.2, 0.25) is 0 Å². The Morgan fingerprint density at radius 1 is 1.04 bits per heavy atom. The zero-order valence-electron chi connectivity index (χ0n) is 12.4. The topological polar surface area (TPSA) is 23.8 Å². The fraction of sp³-hybridized carbons (Fsp3) is 0.0500. The molecule has 23 heavy (non-hydrogen) atoms. The lowest BCUT2D eigenvalue weighted by Gasteiger charge is -2.12. The van der Waals surface area contributed by atoms with Gasteiger partial charge in [-0.25, -0.2) is 8.78 Å². The zero-order valence-corrected chi connectivity index (χ0v) is 12.4. The first-order valence-corrected chi connectivity index (χ1v) is 7.08. The standard InChI is InChI=1S/C20H12F2N/c1-13-9-10-16(15-6-4-5-14(11-15)12-23)20(22)19(13)17-7-2-3-8-18(17)21/h2-9,11H,1H3. The van der Waals surface area contributed by atoms with Gasteiger partial charge in [-0.2, -0.15) is 5.26 Å². The number of nitrogens with zero attached hydrogens (tertiary/aromatic N) is 1. The van der Waals surface area contributed by atoms with E-state index < -0.39 is 11.6 Å². The van der Waals surface area contributed by atoms with Gasteiger partial charge in [0.15, 0.2) is 0 Å². The molecule has 0 atom stereocenters. The van der Waals surface area contributed by atoms with Gasteiger partial charge in [0.25, 0.3) is 0 Å². The van der Waals surface area contributed by atoms with Crippen LogP contribution in [-0.4, -0.2) is 0 Å². The molecule has 3 aromatic carbocycles. The molecule has 0 saturated heterocycles. The maximum absolute atomic E-state index is 15.0. The van der Waals surface area contributed by atoms with E-state index in [2.05, 4.69) is 6.07 Å². The lowest BCUT2D eigenvalue weighted by Crippen LogP contribution is -1.96. The second-order valence-electron chi connectivity index (χ2n) is 5.21. The van der Waals surface area contributed by atoms with Gasteiger partial charge in [0.05, 0.1) is 11.6 Å². The Kier molecular flexibility index (Phi) is 3.91. The smallest absolute Gasteiger partial charge is 0.139 e. The molecule has 1 radical (unpaired) electrons. The summed E-state index contributed by atoms with van der Waals surface area (Å²) in [4.78, 5) is 0. The van der Waals surface area contributed by atoms with Crippen LogP contribution in [0.3, 0.4) is 0 Å². The molecule has 0 aliphatic carbocycles. The van der Waals surface area contributed by atoms with Gasteiger partial charge in [-0.1, -0.05) is 30.3 Å². The highest BCUT2D eigenvalue weighted by atomic mass is 19.1. The molecule has 3 heteroatoms. The van der Waals surface area contributed by atoms with E-state index in [1.54, 1.807) is 55.5 Å². The van der Waals surface area contributed by atoms with Crippen molar-refractivity contribution in [2.45, 2.75) is 6.92 Å². The van der Waals surface area contributed by atoms with E-state index >= 15 is 4.39 Å². The molecule has 0 amide bonds. The number of nitriles is 1. The minimum Gasteiger partial charge on any atom is -0.206 e. The van der Waals surface area contributed by atoms with Gasteiger partial charge < -0.3 is 0 Å². The maximum atomic E-state index is 15.0. The summed E-state index contributed by atoms with van der Waals surface area (Å²) in [6, 6.07) is 19.3. The third kappa shape index (κ3) is 2.72. The SMILES string of the molecule is Cc1c[c]c(-c2cccc(C#N)c2)c(F)c1-c1ccccc1F. The van der Waals surface area contributed by atoms with Crippen molar-refractivity contribution in [1.82, 2.24) is 0 Å². The van der Waals surface area contributed by atoms with Crippen molar-refractivity contribution in [3.63, 3.8) is 0 Å². The second-order valence-corrected chi connectivity index (χ2v) is 5.21. The summed E-state index contributed by atoms with van der Waals surface area (Å²) in [6.07, 6.45) is 0. The summed E-state index contributed by atoms with van der Waals surface area (Å²) in [5.41, 5.74) is 2.24. The van der Waals surface area contributed by atoms with E-state index in [0.717, 1.165) is 0 Å². The highest BCUT2D eigenvalue weighted by Crippen LogP contribution is 2.34. The lowest BCUT2D eigenvalue weighted by molar-refractivity contribution is 0.617. The molecular weight excluding hydrogens is 292 g/mol. The first-order valence-electron chi connectivity index (χ1n) is 7.08. The second kappa shape index (κ2) is 6.02. The van der Waals surface area contributed by atoms with Gasteiger partial charge in [0, 0.05) is 16.7 Å². The van der Waals surface area contributed by atoms with Crippen molar-refractivity contribution in [3.05, 3.63) is 83.4 Å². The van der Waals surface area contributed by atoms with Crippen LogP contribution >= 0.6 is 0 Å². The molecule has 0 aliphatic rings. The first-order chi connectivity index (χ1) is 11.1. The van der Waals surface area contributed by atoms with Crippen LogP contribution in [0.1, 0.15) is 11.1 Å². The van der Waals surface area contributed by atoms with Gasteiger partial charge in [0.2, 0.25) is 0 Å². The van der Waals surface area contributed by atoms with E-state index in [1.165, 1.54) is 6.07 Å². The summed E-state index contributed by atoms with van der Waals surface area (Å²) in [5, 5.41) is 8.99. The van der Waals surface area contributed by atoms with E-state index in [4.69, 9.17) is 5.26 Å². The molecular formula is C20H12F2N. The van der Waals surface area contributed by atoms with Gasteiger partial charge in [-0.3, -0.25) is 0 Å². The average Bonchev–Trinajstić information content (AvgIpc) is 2.56. The van der Waals surface area contributed by atoms with Crippen LogP contribution in [0.4, 0.5) is 8.78 Å². The van der Waals surface area contributed by atoms with Crippen molar-refractivity contribution in [2.24, 2.45) is 0 Å². The van der Waals surface area contributed by atoms with E-state index in [-0.39, 0.29) is 16.7 Å². The summed E-state index contributed by atoms with van der Waals surface area (Å²) in [6.45, 7) is 1.72. The van der Waals surface area contributed by atoms with Crippen molar-refractivity contribution in [2.75, 3.05) is 0 Å². The number of hydrogen-bond acceptors (Lipinski definition) is 1. The lowest BCUT2D eigenvalue weighted by atomic mass is 9.93. The van der Waals surface area contributed by atoms with Crippen LogP contribution < -0.4 is 0 Å². The van der Waals surface area contributed by atoms with Crippen molar-refractivity contribution >= 4 is 0 Å². The van der Waals surface area contributed by atoms with Crippen molar-refractivity contribution < 1.29 is 8.78 Å². The average molecular weight is 304 g/mol. The van der Waals surface area contributed by atoms with Crippen LogP contribution in [0.5, 0.6) is 0 Å². The molecule has 0 spiro atoms. The Balaban J connectivity index is 2.24. The maximum Gasteiger partial charge on any atom is 0.139 e. The highest BCUT2D eigenvalue weighted by molar-refractivity contribution is 5.77. The molecule has 0 heterocycles. The minimum atomic E-state index is -0.537. The number of benzene rings is 3. The van der Waals surface area contributed by atoms with Crippen LogP contribution in [-0.2, 0) is 0 Å². The summed E-state index contributed by atoms with van der Waals surface area (Å²) < 4.78 is 29.1. The van der Waals surface area contributed by atoms with E-state index in [0.29, 0.717) is 16.7 Å². The monoisotopic (exact) mass is 304 g/mol. The minimum absolute atomic E-state index is 0.217. The normalized spacial score (nSPS) is 10.3. The first kappa shape index (κ1) is 14.9. The summed E-state index contributed by atoms with van der Waals surface area (Å²) in [5.74, 6) is -1.01. The van der Waals surface area contributed by atoms with Crippen LogP contribution in [0.15, 0.2) is 54.6 Å². The summed E-state index contributed by atoms with van der Waals surface area (Å²) in [7, 11) is 0. The molecule has 0 saturated carbocycles. The highest BCUT2D eigenvalue weighted by Gasteiger charge is 2.17. The molecule has 0 bridgehead atoms. The number of rotatable bonds is 2. The predicted molar refractivity (Wildman–Crippen MR) is 85.5 cm³/mol. The Labute approximate surface area is 133 Å². The zero-order chi connectivity index (χ0) is 16.4. The van der Waals surface area contributed by atoms with Crippen molar-refractivity contribution in [1.29, 1.82) is 5.26 Å². The van der Waals surface area contributed by atoms with Gasteiger partial charge in [-0.15, -0.1) is 0 Å². The molecule has 0 N–H and O–H groups in total. The largest absolute Gasteiger partial charge is 0.206 e. The Morgan fingerprint density at radius 3 is 2.57 bits per heavy atom. The number of halogens is 2. The van der Waals surface area contributed by atoms with Crippen LogP contribution in [0, 0.1) is 36.0 Å². The Morgan fingerprint density at radius 2 is 1.83 bits per heavy atom. The summed E-state index contributed by atoms with van der Waals surface area (Å²) >= 11 is 0. The van der Waals surface area contributed by atoms with E-state index in [1.807, 2.05) is 6.07 Å². The molecule has 0 aliphatic heterocycles. The molecule has 0 unspecified atom stereocenters. The van der Waals surface area contributed by atoms with Gasteiger partial charge >= 0.3 is 0 Å². The quantitative estimate of drug-likeness (QED) is 0.632. The third-order valence-corrected chi connectivity index (χ3v) is 3.69. The molecule has 1 nitrogen and oxygen atoms in total. The molecule has 3 aromatic rings. The fourth-order valence-electron chi connectivity index (χ4n) is 2.56. The predicted octanol–water partition coefficient (Wildman–Crippen LogP) is 5.28. The molecule has 0 aromatic heterocycles.